The Morgan fingerprint density at radius 2 is 1.92 bits per heavy atom. The van der Waals surface area contributed by atoms with Crippen molar-refractivity contribution in [2.24, 2.45) is 0 Å². The van der Waals surface area contributed by atoms with E-state index in [1.807, 2.05) is 6.92 Å². The summed E-state index contributed by atoms with van der Waals surface area (Å²) in [5, 5.41) is 2.82. The topological polar surface area (TPSA) is 32.3 Å². The van der Waals surface area contributed by atoms with E-state index in [4.69, 9.17) is 0 Å². The highest BCUT2D eigenvalue weighted by Crippen LogP contribution is 2.23. The lowest BCUT2D eigenvalue weighted by atomic mass is 9.97. The summed E-state index contributed by atoms with van der Waals surface area (Å²) in [5.41, 5.74) is 0. The van der Waals surface area contributed by atoms with E-state index in [0.29, 0.717) is 12.1 Å². The van der Waals surface area contributed by atoms with E-state index in [9.17, 15) is 4.79 Å². The lowest BCUT2D eigenvalue weighted by Crippen LogP contribution is -2.53. The van der Waals surface area contributed by atoms with Gasteiger partial charge in [-0.1, -0.05) is 6.42 Å². The summed E-state index contributed by atoms with van der Waals surface area (Å²) in [5.74, 6) is 0. The molecule has 0 spiro atoms. The molecule has 0 bridgehead atoms. The Kier molecular flexibility index (Phi) is 3.72. The molecule has 13 heavy (non-hydrogen) atoms. The summed E-state index contributed by atoms with van der Waals surface area (Å²) in [6.07, 6.45) is 4.76. The number of hydrogen-bond donors (Lipinski definition) is 1. The van der Waals surface area contributed by atoms with Crippen LogP contribution in [0, 0.1) is 0 Å². The number of carbonyl (C=O) groups is 1. The Hall–Kier alpha value is -0.570. The Bertz CT molecular complexity index is 162. The van der Waals surface area contributed by atoms with Crippen molar-refractivity contribution in [1.29, 1.82) is 0 Å². The SMILES string of the molecule is CC1CCCC(C)N1C(C)NC=O. The van der Waals surface area contributed by atoms with Crippen LogP contribution in [0.1, 0.15) is 40.0 Å². The summed E-state index contributed by atoms with van der Waals surface area (Å²) in [4.78, 5) is 12.7. The van der Waals surface area contributed by atoms with E-state index in [1.165, 1.54) is 19.3 Å². The van der Waals surface area contributed by atoms with Gasteiger partial charge in [-0.3, -0.25) is 9.69 Å². The van der Waals surface area contributed by atoms with Crippen LogP contribution in [0.2, 0.25) is 0 Å². The predicted octanol–water partition coefficient (Wildman–Crippen LogP) is 1.34. The molecule has 1 aliphatic heterocycles. The average Bonchev–Trinajstić information content (AvgIpc) is 2.04. The molecule has 1 saturated heterocycles. The number of amides is 1. The van der Waals surface area contributed by atoms with Crippen molar-refractivity contribution in [3.8, 4) is 0 Å². The Morgan fingerprint density at radius 3 is 2.38 bits per heavy atom. The second-order valence-electron chi connectivity index (χ2n) is 4.04. The van der Waals surface area contributed by atoms with E-state index in [1.54, 1.807) is 0 Å². The molecule has 1 rings (SSSR count). The molecule has 0 aromatic carbocycles. The molecule has 1 N–H and O–H groups in total. The van der Waals surface area contributed by atoms with Crippen molar-refractivity contribution >= 4 is 6.41 Å². The van der Waals surface area contributed by atoms with Crippen LogP contribution in [-0.2, 0) is 4.79 Å². The molecule has 1 aliphatic rings. The van der Waals surface area contributed by atoms with Crippen LogP contribution >= 0.6 is 0 Å². The molecule has 76 valence electrons. The maximum Gasteiger partial charge on any atom is 0.208 e. The summed E-state index contributed by atoms with van der Waals surface area (Å²) < 4.78 is 0. The van der Waals surface area contributed by atoms with Crippen LogP contribution in [0.4, 0.5) is 0 Å². The molecule has 3 nitrogen and oxygen atoms in total. The van der Waals surface area contributed by atoms with Gasteiger partial charge in [0.05, 0.1) is 6.17 Å². The van der Waals surface area contributed by atoms with Crippen molar-refractivity contribution < 1.29 is 4.79 Å². The van der Waals surface area contributed by atoms with E-state index in [2.05, 4.69) is 24.1 Å². The molecular weight excluding hydrogens is 164 g/mol. The molecule has 1 amide bonds. The van der Waals surface area contributed by atoms with E-state index in [0.717, 1.165) is 6.41 Å². The highest BCUT2D eigenvalue weighted by molar-refractivity contribution is 5.46. The van der Waals surface area contributed by atoms with Crippen LogP contribution in [-0.4, -0.2) is 29.6 Å². The summed E-state index contributed by atoms with van der Waals surface area (Å²) >= 11 is 0. The maximum absolute atomic E-state index is 10.3. The van der Waals surface area contributed by atoms with Gasteiger partial charge in [-0.05, 0) is 33.6 Å². The van der Waals surface area contributed by atoms with Crippen LogP contribution < -0.4 is 5.32 Å². The number of hydrogen-bond acceptors (Lipinski definition) is 2. The molecule has 1 fully saturated rings. The Morgan fingerprint density at radius 1 is 1.38 bits per heavy atom. The van der Waals surface area contributed by atoms with Gasteiger partial charge in [-0.2, -0.15) is 0 Å². The van der Waals surface area contributed by atoms with Gasteiger partial charge in [0.1, 0.15) is 0 Å². The first-order valence-corrected chi connectivity index (χ1v) is 5.14. The first-order valence-electron chi connectivity index (χ1n) is 5.14. The molecule has 0 aliphatic carbocycles. The molecule has 0 aromatic rings. The lowest BCUT2D eigenvalue weighted by molar-refractivity contribution is -0.112. The third kappa shape index (κ3) is 2.44. The number of carbonyl (C=O) groups excluding carboxylic acids is 1. The average molecular weight is 184 g/mol. The molecule has 1 heterocycles. The largest absolute Gasteiger partial charge is 0.343 e. The van der Waals surface area contributed by atoms with Gasteiger partial charge in [-0.15, -0.1) is 0 Å². The molecule has 0 saturated carbocycles. The van der Waals surface area contributed by atoms with Gasteiger partial charge in [0.15, 0.2) is 0 Å². The third-order valence-electron chi connectivity index (χ3n) is 3.02. The number of nitrogens with one attached hydrogen (secondary N) is 1. The maximum atomic E-state index is 10.3. The first-order chi connectivity index (χ1) is 6.16. The third-order valence-corrected chi connectivity index (χ3v) is 3.02. The van der Waals surface area contributed by atoms with Gasteiger partial charge >= 0.3 is 0 Å². The van der Waals surface area contributed by atoms with Crippen molar-refractivity contribution in [2.45, 2.75) is 58.3 Å². The molecule has 3 unspecified atom stereocenters. The Labute approximate surface area is 80.5 Å². The van der Waals surface area contributed by atoms with Crippen molar-refractivity contribution in [3.63, 3.8) is 0 Å². The van der Waals surface area contributed by atoms with Gasteiger partial charge < -0.3 is 5.32 Å². The minimum absolute atomic E-state index is 0.169. The van der Waals surface area contributed by atoms with Crippen LogP contribution in [0.25, 0.3) is 0 Å². The zero-order chi connectivity index (χ0) is 9.84. The second kappa shape index (κ2) is 4.61. The highest BCUT2D eigenvalue weighted by Gasteiger charge is 2.28. The number of likely N-dealkylation sites (tertiary alicyclic amines) is 1. The molecular formula is C10H20N2O. The molecule has 3 atom stereocenters. The van der Waals surface area contributed by atoms with Crippen LogP contribution in [0.15, 0.2) is 0 Å². The summed E-state index contributed by atoms with van der Waals surface area (Å²) in [7, 11) is 0. The second-order valence-corrected chi connectivity index (χ2v) is 4.04. The first kappa shape index (κ1) is 10.5. The molecule has 0 radical (unpaired) electrons. The minimum Gasteiger partial charge on any atom is -0.343 e. The van der Waals surface area contributed by atoms with Gasteiger partial charge in [0.25, 0.3) is 0 Å². The zero-order valence-electron chi connectivity index (χ0n) is 8.79. The van der Waals surface area contributed by atoms with Crippen molar-refractivity contribution in [1.82, 2.24) is 10.2 Å². The quantitative estimate of drug-likeness (QED) is 0.671. The fourth-order valence-electron chi connectivity index (χ4n) is 2.39. The van der Waals surface area contributed by atoms with Crippen LogP contribution in [0.5, 0.6) is 0 Å². The van der Waals surface area contributed by atoms with Gasteiger partial charge in [0.2, 0.25) is 6.41 Å². The zero-order valence-corrected chi connectivity index (χ0v) is 8.79. The number of rotatable bonds is 3. The van der Waals surface area contributed by atoms with Crippen LogP contribution in [0.3, 0.4) is 0 Å². The Balaban J connectivity index is 2.56. The standard InChI is InChI=1S/C10H20N2O/c1-8-5-4-6-9(2)12(8)10(3)11-7-13/h7-10H,4-6H2,1-3H3,(H,11,13). The van der Waals surface area contributed by atoms with Crippen molar-refractivity contribution in [3.05, 3.63) is 0 Å². The van der Waals surface area contributed by atoms with Gasteiger partial charge in [0, 0.05) is 12.1 Å². The van der Waals surface area contributed by atoms with Gasteiger partial charge in [-0.25, -0.2) is 0 Å². The molecule has 0 aromatic heterocycles. The highest BCUT2D eigenvalue weighted by atomic mass is 16.1. The molecule has 3 heteroatoms. The van der Waals surface area contributed by atoms with E-state index in [-0.39, 0.29) is 6.17 Å². The monoisotopic (exact) mass is 184 g/mol. The fourth-order valence-corrected chi connectivity index (χ4v) is 2.39. The van der Waals surface area contributed by atoms with E-state index >= 15 is 0 Å². The van der Waals surface area contributed by atoms with Crippen molar-refractivity contribution in [2.75, 3.05) is 0 Å². The summed E-state index contributed by atoms with van der Waals surface area (Å²) in [6.45, 7) is 6.52. The van der Waals surface area contributed by atoms with E-state index < -0.39 is 0 Å². The normalized spacial score (nSPS) is 32.5. The number of nitrogens with zero attached hydrogens (tertiary/aromatic N) is 1. The number of piperidine rings is 1. The summed E-state index contributed by atoms with van der Waals surface area (Å²) in [6, 6.07) is 1.18. The minimum atomic E-state index is 0.169. The fraction of sp³-hybridized carbons (Fsp3) is 0.900. The lowest BCUT2D eigenvalue weighted by Gasteiger charge is -2.42. The predicted molar refractivity (Wildman–Crippen MR) is 53.3 cm³/mol. The smallest absolute Gasteiger partial charge is 0.208 e.